The van der Waals surface area contributed by atoms with Crippen LogP contribution in [0, 0.1) is 0 Å². The Bertz CT molecular complexity index is 1270. The Morgan fingerprint density at radius 1 is 1.11 bits per heavy atom. The maximum atomic E-state index is 12.6. The number of para-hydroxylation sites is 1. The zero-order valence-electron chi connectivity index (χ0n) is 15.1. The van der Waals surface area contributed by atoms with Crippen LogP contribution in [0.25, 0.3) is 26.3 Å². The van der Waals surface area contributed by atoms with Crippen molar-refractivity contribution in [2.45, 2.75) is 6.42 Å². The number of nitrogens with zero attached hydrogens (tertiary/aromatic N) is 2. The lowest BCUT2D eigenvalue weighted by molar-refractivity contribution is 0.0954. The van der Waals surface area contributed by atoms with Gasteiger partial charge in [0.1, 0.15) is 0 Å². The van der Waals surface area contributed by atoms with Gasteiger partial charge in [-0.2, -0.15) is 0 Å². The van der Waals surface area contributed by atoms with Gasteiger partial charge in [0.25, 0.3) is 5.91 Å². The summed E-state index contributed by atoms with van der Waals surface area (Å²) in [5.41, 5.74) is 3.90. The predicted molar refractivity (Wildman–Crippen MR) is 113 cm³/mol. The molecule has 0 aliphatic carbocycles. The molecule has 1 amide bonds. The second kappa shape index (κ2) is 6.98. The van der Waals surface area contributed by atoms with Crippen LogP contribution < -0.4 is 5.32 Å². The van der Waals surface area contributed by atoms with Gasteiger partial charge in [-0.1, -0.05) is 29.5 Å². The van der Waals surface area contributed by atoms with Gasteiger partial charge in [-0.05, 0) is 48.4 Å². The third-order valence-electron chi connectivity index (χ3n) is 4.82. The molecule has 0 bridgehead atoms. The number of thiazole rings is 1. The molecule has 3 heterocycles. The van der Waals surface area contributed by atoms with Crippen LogP contribution in [0.2, 0.25) is 0 Å². The number of hydrogen-bond acceptors (Lipinski definition) is 3. The molecule has 138 valence electrons. The first-order valence-electron chi connectivity index (χ1n) is 9.15. The predicted octanol–water partition coefficient (Wildman–Crippen LogP) is 4.54. The van der Waals surface area contributed by atoms with Crippen LogP contribution in [-0.4, -0.2) is 27.0 Å². The molecular formula is C22H18N4OS. The first kappa shape index (κ1) is 16.8. The number of benzene rings is 2. The minimum atomic E-state index is -0.0577. The summed E-state index contributed by atoms with van der Waals surface area (Å²) in [5, 5.41) is 5.14. The van der Waals surface area contributed by atoms with Crippen LogP contribution in [-0.2, 0) is 6.42 Å². The van der Waals surface area contributed by atoms with Gasteiger partial charge >= 0.3 is 0 Å². The van der Waals surface area contributed by atoms with E-state index < -0.39 is 0 Å². The number of aromatic amines is 1. The summed E-state index contributed by atoms with van der Waals surface area (Å²) in [6, 6.07) is 17.8. The number of aromatic nitrogens is 3. The number of carbonyl (C=O) groups is 1. The molecule has 0 aliphatic heterocycles. The van der Waals surface area contributed by atoms with E-state index in [2.05, 4.69) is 27.4 Å². The highest BCUT2D eigenvalue weighted by atomic mass is 32.1. The molecule has 2 aromatic carbocycles. The van der Waals surface area contributed by atoms with Crippen LogP contribution in [0.5, 0.6) is 0 Å². The standard InChI is InChI=1S/C22H18N4OS/c27-21(23-10-9-16-14-24-18-6-2-1-5-17(16)18)15-7-8-19-20(13-15)28-22(25-19)26-11-3-4-12-26/h1-8,11-14,24H,9-10H2,(H,23,27). The van der Waals surface area contributed by atoms with Crippen molar-refractivity contribution < 1.29 is 4.79 Å². The van der Waals surface area contributed by atoms with Gasteiger partial charge in [0, 0.05) is 41.6 Å². The summed E-state index contributed by atoms with van der Waals surface area (Å²) in [4.78, 5) is 20.5. The molecule has 5 rings (SSSR count). The summed E-state index contributed by atoms with van der Waals surface area (Å²) in [6.45, 7) is 0.593. The largest absolute Gasteiger partial charge is 0.361 e. The summed E-state index contributed by atoms with van der Waals surface area (Å²) >= 11 is 1.58. The Labute approximate surface area is 165 Å². The van der Waals surface area contributed by atoms with E-state index in [1.54, 1.807) is 11.3 Å². The number of fused-ring (bicyclic) bond motifs is 2. The van der Waals surface area contributed by atoms with Gasteiger partial charge in [-0.15, -0.1) is 0 Å². The number of carbonyl (C=O) groups excluding carboxylic acids is 1. The van der Waals surface area contributed by atoms with E-state index in [4.69, 9.17) is 0 Å². The zero-order chi connectivity index (χ0) is 18.9. The third-order valence-corrected chi connectivity index (χ3v) is 5.85. The molecule has 0 unspecified atom stereocenters. The molecule has 28 heavy (non-hydrogen) atoms. The van der Waals surface area contributed by atoms with Crippen LogP contribution in [0.3, 0.4) is 0 Å². The second-order valence-electron chi connectivity index (χ2n) is 6.63. The maximum absolute atomic E-state index is 12.6. The van der Waals surface area contributed by atoms with Gasteiger partial charge in [0.05, 0.1) is 10.2 Å². The Hall–Kier alpha value is -3.38. The van der Waals surface area contributed by atoms with E-state index in [1.165, 1.54) is 10.9 Å². The van der Waals surface area contributed by atoms with E-state index >= 15 is 0 Å². The van der Waals surface area contributed by atoms with E-state index in [0.717, 1.165) is 27.3 Å². The SMILES string of the molecule is O=C(NCCc1c[nH]c2ccccc12)c1ccc2nc(-n3cccc3)sc2c1. The average molecular weight is 386 g/mol. The summed E-state index contributed by atoms with van der Waals surface area (Å²) < 4.78 is 2.99. The fourth-order valence-electron chi connectivity index (χ4n) is 3.38. The van der Waals surface area contributed by atoms with Gasteiger partial charge in [0.15, 0.2) is 5.13 Å². The highest BCUT2D eigenvalue weighted by Gasteiger charge is 2.10. The quantitative estimate of drug-likeness (QED) is 0.466. The van der Waals surface area contributed by atoms with Crippen molar-refractivity contribution in [2.75, 3.05) is 6.54 Å². The minimum absolute atomic E-state index is 0.0577. The molecule has 0 saturated heterocycles. The van der Waals surface area contributed by atoms with Crippen molar-refractivity contribution in [2.24, 2.45) is 0 Å². The lowest BCUT2D eigenvalue weighted by Gasteiger charge is -2.05. The third kappa shape index (κ3) is 3.08. The molecule has 2 N–H and O–H groups in total. The van der Waals surface area contributed by atoms with E-state index in [-0.39, 0.29) is 5.91 Å². The Morgan fingerprint density at radius 2 is 1.96 bits per heavy atom. The molecule has 0 aliphatic rings. The number of H-pyrrole nitrogens is 1. The molecule has 0 fully saturated rings. The number of hydrogen-bond donors (Lipinski definition) is 2. The summed E-state index contributed by atoms with van der Waals surface area (Å²) in [7, 11) is 0. The first-order chi connectivity index (χ1) is 13.8. The molecule has 0 spiro atoms. The normalized spacial score (nSPS) is 11.3. The number of rotatable bonds is 5. The smallest absolute Gasteiger partial charge is 0.251 e. The van der Waals surface area contributed by atoms with E-state index in [0.29, 0.717) is 12.1 Å². The molecule has 5 nitrogen and oxygen atoms in total. The average Bonchev–Trinajstić information content (AvgIpc) is 3.46. The lowest BCUT2D eigenvalue weighted by Crippen LogP contribution is -2.25. The van der Waals surface area contributed by atoms with Gasteiger partial charge in [-0.3, -0.25) is 4.79 Å². The van der Waals surface area contributed by atoms with Gasteiger partial charge in [0.2, 0.25) is 0 Å². The maximum Gasteiger partial charge on any atom is 0.251 e. The topological polar surface area (TPSA) is 62.7 Å². The van der Waals surface area contributed by atoms with Crippen molar-refractivity contribution in [3.8, 4) is 5.13 Å². The fraction of sp³-hybridized carbons (Fsp3) is 0.0909. The number of amides is 1. The minimum Gasteiger partial charge on any atom is -0.361 e. The van der Waals surface area contributed by atoms with E-state index in [1.807, 2.05) is 65.6 Å². The number of nitrogens with one attached hydrogen (secondary N) is 2. The van der Waals surface area contributed by atoms with Gasteiger partial charge < -0.3 is 14.9 Å². The van der Waals surface area contributed by atoms with E-state index in [9.17, 15) is 4.79 Å². The zero-order valence-corrected chi connectivity index (χ0v) is 15.9. The van der Waals surface area contributed by atoms with Crippen molar-refractivity contribution in [1.82, 2.24) is 19.9 Å². The molecule has 6 heteroatoms. The Kier molecular flexibility index (Phi) is 4.18. The van der Waals surface area contributed by atoms with Crippen LogP contribution in [0.4, 0.5) is 0 Å². The Balaban J connectivity index is 1.29. The fourth-order valence-corrected chi connectivity index (χ4v) is 4.35. The molecule has 3 aromatic heterocycles. The first-order valence-corrected chi connectivity index (χ1v) is 9.97. The summed E-state index contributed by atoms with van der Waals surface area (Å²) in [6.07, 6.45) is 6.74. The van der Waals surface area contributed by atoms with Crippen molar-refractivity contribution >= 4 is 38.4 Å². The van der Waals surface area contributed by atoms with Crippen LogP contribution in [0.15, 0.2) is 73.2 Å². The molecule has 0 atom stereocenters. The highest BCUT2D eigenvalue weighted by Crippen LogP contribution is 2.26. The molecule has 0 saturated carbocycles. The molecule has 5 aromatic rings. The Morgan fingerprint density at radius 3 is 2.86 bits per heavy atom. The second-order valence-corrected chi connectivity index (χ2v) is 7.64. The van der Waals surface area contributed by atoms with Crippen molar-refractivity contribution in [1.29, 1.82) is 0 Å². The van der Waals surface area contributed by atoms with Crippen molar-refractivity contribution in [3.63, 3.8) is 0 Å². The van der Waals surface area contributed by atoms with Crippen LogP contribution in [0.1, 0.15) is 15.9 Å². The lowest BCUT2D eigenvalue weighted by atomic mass is 10.1. The van der Waals surface area contributed by atoms with Crippen molar-refractivity contribution in [3.05, 3.63) is 84.3 Å². The van der Waals surface area contributed by atoms with Gasteiger partial charge in [-0.25, -0.2) is 4.98 Å². The highest BCUT2D eigenvalue weighted by molar-refractivity contribution is 7.20. The molecule has 0 radical (unpaired) electrons. The summed E-state index contributed by atoms with van der Waals surface area (Å²) in [5.74, 6) is -0.0577. The van der Waals surface area contributed by atoms with Crippen LogP contribution >= 0.6 is 11.3 Å². The monoisotopic (exact) mass is 386 g/mol. The molecular weight excluding hydrogens is 368 g/mol.